The maximum absolute atomic E-state index is 12.2. The maximum Gasteiger partial charge on any atom is 0.291 e. The summed E-state index contributed by atoms with van der Waals surface area (Å²) in [6.07, 6.45) is 1.97. The highest BCUT2D eigenvalue weighted by atomic mass is 35.5. The van der Waals surface area contributed by atoms with Crippen LogP contribution in [0.15, 0.2) is 70.1 Å². The van der Waals surface area contributed by atoms with Gasteiger partial charge in [0.25, 0.3) is 11.5 Å². The van der Waals surface area contributed by atoms with Crippen molar-refractivity contribution in [1.82, 2.24) is 10.2 Å². The molecule has 0 spiro atoms. The van der Waals surface area contributed by atoms with E-state index in [9.17, 15) is 9.59 Å². The molecule has 6 nitrogen and oxygen atoms in total. The monoisotopic (exact) mass is 379 g/mol. The van der Waals surface area contributed by atoms with Crippen molar-refractivity contribution < 1.29 is 9.21 Å². The number of rotatable bonds is 4. The van der Waals surface area contributed by atoms with Crippen LogP contribution in [0, 0.1) is 0 Å². The molecule has 2 aromatic heterocycles. The molecular weight excluding hydrogens is 366 g/mol. The van der Waals surface area contributed by atoms with Gasteiger partial charge in [-0.1, -0.05) is 29.8 Å². The number of hydrogen-bond acceptors (Lipinski definition) is 4. The fourth-order valence-electron chi connectivity index (χ4n) is 2.83. The van der Waals surface area contributed by atoms with E-state index in [1.165, 1.54) is 6.26 Å². The third-order valence-electron chi connectivity index (χ3n) is 4.16. The zero-order valence-corrected chi connectivity index (χ0v) is 14.8. The summed E-state index contributed by atoms with van der Waals surface area (Å²) in [5.74, 6) is -0.187. The van der Waals surface area contributed by atoms with E-state index >= 15 is 0 Å². The van der Waals surface area contributed by atoms with Gasteiger partial charge in [-0.15, -0.1) is 0 Å². The SMILES string of the molecule is O=C(Nc1ccc2c(Cc3ccc(Cl)cc3)n[nH]c(=O)c2c1)c1ccco1. The van der Waals surface area contributed by atoms with Crippen LogP contribution in [-0.4, -0.2) is 16.1 Å². The fraction of sp³-hybridized carbons (Fsp3) is 0.0500. The predicted octanol–water partition coefficient (Wildman–Crippen LogP) is 4.01. The van der Waals surface area contributed by atoms with Gasteiger partial charge in [0.1, 0.15) is 0 Å². The molecule has 134 valence electrons. The zero-order valence-electron chi connectivity index (χ0n) is 14.0. The van der Waals surface area contributed by atoms with Crippen molar-refractivity contribution in [1.29, 1.82) is 0 Å². The van der Waals surface area contributed by atoms with Crippen molar-refractivity contribution in [2.75, 3.05) is 5.32 Å². The Morgan fingerprint density at radius 3 is 2.67 bits per heavy atom. The first-order valence-corrected chi connectivity index (χ1v) is 8.58. The Hall–Kier alpha value is -3.38. The van der Waals surface area contributed by atoms with Crippen LogP contribution >= 0.6 is 11.6 Å². The predicted molar refractivity (Wildman–Crippen MR) is 103 cm³/mol. The lowest BCUT2D eigenvalue weighted by atomic mass is 10.0. The van der Waals surface area contributed by atoms with Gasteiger partial charge >= 0.3 is 0 Å². The van der Waals surface area contributed by atoms with Gasteiger partial charge in [-0.3, -0.25) is 9.59 Å². The molecule has 0 saturated heterocycles. The average molecular weight is 380 g/mol. The van der Waals surface area contributed by atoms with Crippen molar-refractivity contribution in [2.24, 2.45) is 0 Å². The van der Waals surface area contributed by atoms with Crippen molar-refractivity contribution in [2.45, 2.75) is 6.42 Å². The van der Waals surface area contributed by atoms with Gasteiger partial charge in [0.05, 0.1) is 17.3 Å². The number of hydrogen-bond donors (Lipinski definition) is 2. The lowest BCUT2D eigenvalue weighted by Gasteiger charge is -2.08. The molecule has 0 fully saturated rings. The molecule has 0 saturated carbocycles. The number of amides is 1. The molecule has 4 rings (SSSR count). The summed E-state index contributed by atoms with van der Waals surface area (Å²) in [5, 5.41) is 11.3. The minimum Gasteiger partial charge on any atom is -0.459 e. The molecule has 0 radical (unpaired) electrons. The number of carbonyl (C=O) groups is 1. The number of anilines is 1. The van der Waals surface area contributed by atoms with Gasteiger partial charge in [-0.05, 0) is 42.0 Å². The molecular formula is C20H14ClN3O3. The number of furan rings is 1. The van der Waals surface area contributed by atoms with Crippen LogP contribution in [0.5, 0.6) is 0 Å². The first-order valence-electron chi connectivity index (χ1n) is 8.21. The Labute approximate surface area is 158 Å². The first-order chi connectivity index (χ1) is 13.1. The number of benzene rings is 2. The molecule has 2 heterocycles. The number of carbonyl (C=O) groups excluding carboxylic acids is 1. The summed E-state index contributed by atoms with van der Waals surface area (Å²) >= 11 is 5.92. The summed E-state index contributed by atoms with van der Waals surface area (Å²) < 4.78 is 5.07. The maximum atomic E-state index is 12.2. The third-order valence-corrected chi connectivity index (χ3v) is 4.41. The molecule has 27 heavy (non-hydrogen) atoms. The summed E-state index contributed by atoms with van der Waals surface area (Å²) in [4.78, 5) is 24.3. The van der Waals surface area contributed by atoms with E-state index < -0.39 is 0 Å². The van der Waals surface area contributed by atoms with E-state index in [4.69, 9.17) is 16.0 Å². The van der Waals surface area contributed by atoms with Crippen LogP contribution in [0.4, 0.5) is 5.69 Å². The van der Waals surface area contributed by atoms with Crippen molar-refractivity contribution in [3.05, 3.63) is 93.3 Å². The number of halogens is 1. The van der Waals surface area contributed by atoms with Gasteiger partial charge in [0, 0.05) is 22.5 Å². The number of H-pyrrole nitrogens is 1. The van der Waals surface area contributed by atoms with Gasteiger partial charge in [0.15, 0.2) is 5.76 Å². The van der Waals surface area contributed by atoms with Crippen molar-refractivity contribution >= 4 is 34.0 Å². The highest BCUT2D eigenvalue weighted by molar-refractivity contribution is 6.30. The molecule has 7 heteroatoms. The number of nitrogens with zero attached hydrogens (tertiary/aromatic N) is 1. The summed E-state index contributed by atoms with van der Waals surface area (Å²) in [6.45, 7) is 0. The van der Waals surface area contributed by atoms with E-state index in [1.54, 1.807) is 30.3 Å². The van der Waals surface area contributed by atoms with E-state index in [0.717, 1.165) is 16.6 Å². The zero-order chi connectivity index (χ0) is 18.8. The molecule has 0 aliphatic heterocycles. The molecule has 0 atom stereocenters. The van der Waals surface area contributed by atoms with Crippen LogP contribution in [0.25, 0.3) is 10.8 Å². The highest BCUT2D eigenvalue weighted by Gasteiger charge is 2.12. The summed E-state index contributed by atoms with van der Waals surface area (Å²) in [7, 11) is 0. The lowest BCUT2D eigenvalue weighted by Crippen LogP contribution is -2.14. The number of fused-ring (bicyclic) bond motifs is 1. The molecule has 1 amide bonds. The van der Waals surface area contributed by atoms with Crippen LogP contribution in [-0.2, 0) is 6.42 Å². The van der Waals surface area contributed by atoms with Gasteiger partial charge in [-0.2, -0.15) is 5.10 Å². The van der Waals surface area contributed by atoms with Crippen molar-refractivity contribution in [3.8, 4) is 0 Å². The fourth-order valence-corrected chi connectivity index (χ4v) is 2.96. The second-order valence-corrected chi connectivity index (χ2v) is 6.43. The van der Waals surface area contributed by atoms with Gasteiger partial charge in [0.2, 0.25) is 0 Å². The molecule has 0 aliphatic carbocycles. The average Bonchev–Trinajstić information content (AvgIpc) is 3.21. The largest absolute Gasteiger partial charge is 0.459 e. The normalized spacial score (nSPS) is 10.9. The second kappa shape index (κ2) is 7.09. The standard InChI is InChI=1S/C20H14ClN3O3/c21-13-5-3-12(4-6-13)10-17-15-8-7-14(11-16(15)19(25)24-23-17)22-20(26)18-2-1-9-27-18/h1-9,11H,10H2,(H,22,26)(H,24,25). The molecule has 2 N–H and O–H groups in total. The van der Waals surface area contributed by atoms with Crippen LogP contribution in [0.1, 0.15) is 21.8 Å². The minimum absolute atomic E-state index is 0.196. The minimum atomic E-state index is -0.383. The Bertz CT molecular complexity index is 1170. The van der Waals surface area contributed by atoms with Crippen LogP contribution < -0.4 is 10.9 Å². The highest BCUT2D eigenvalue weighted by Crippen LogP contribution is 2.21. The molecule has 4 aromatic rings. The number of aromatic nitrogens is 2. The van der Waals surface area contributed by atoms with Crippen LogP contribution in [0.3, 0.4) is 0 Å². The first kappa shape index (κ1) is 17.1. The molecule has 2 aromatic carbocycles. The summed E-state index contributed by atoms with van der Waals surface area (Å²) in [5.41, 5.74) is 1.93. The van der Waals surface area contributed by atoms with E-state index in [0.29, 0.717) is 22.5 Å². The van der Waals surface area contributed by atoms with E-state index in [2.05, 4.69) is 15.5 Å². The number of nitrogens with one attached hydrogen (secondary N) is 2. The molecule has 0 unspecified atom stereocenters. The van der Waals surface area contributed by atoms with E-state index in [1.807, 2.05) is 24.3 Å². The Morgan fingerprint density at radius 1 is 1.11 bits per heavy atom. The lowest BCUT2D eigenvalue weighted by molar-refractivity contribution is 0.0996. The quantitative estimate of drug-likeness (QED) is 0.560. The molecule has 0 bridgehead atoms. The summed E-state index contributed by atoms with van der Waals surface area (Å²) in [6, 6.07) is 15.8. The van der Waals surface area contributed by atoms with E-state index in [-0.39, 0.29) is 17.2 Å². The second-order valence-electron chi connectivity index (χ2n) is 5.99. The van der Waals surface area contributed by atoms with Crippen molar-refractivity contribution in [3.63, 3.8) is 0 Å². The van der Waals surface area contributed by atoms with Gasteiger partial charge in [-0.25, -0.2) is 5.10 Å². The number of aromatic amines is 1. The third kappa shape index (κ3) is 3.61. The Morgan fingerprint density at radius 2 is 1.93 bits per heavy atom. The Balaban J connectivity index is 1.67. The topological polar surface area (TPSA) is 88.0 Å². The smallest absolute Gasteiger partial charge is 0.291 e. The van der Waals surface area contributed by atoms with Crippen LogP contribution in [0.2, 0.25) is 5.02 Å². The molecule has 0 aliphatic rings. The Kier molecular flexibility index (Phi) is 4.48. The van der Waals surface area contributed by atoms with Gasteiger partial charge < -0.3 is 9.73 Å².